The Bertz CT molecular complexity index is 1880. The molecular weight excluding hydrogens is 500 g/mol. The maximum absolute atomic E-state index is 4.78. The number of hydrogen-bond donors (Lipinski definition) is 2. The fraction of sp³-hybridized carbons (Fsp3) is 0. The second-order valence-corrected chi connectivity index (χ2v) is 10.1. The van der Waals surface area contributed by atoms with Gasteiger partial charge in [-0.25, -0.2) is 9.97 Å². The maximum Gasteiger partial charge on any atom is 0.177 e. The summed E-state index contributed by atoms with van der Waals surface area (Å²) in [6.07, 6.45) is 1.80. The average Bonchev–Trinajstić information content (AvgIpc) is 3.44. The third-order valence-corrected chi connectivity index (χ3v) is 7.42. The van der Waals surface area contributed by atoms with E-state index in [1.807, 2.05) is 60.7 Å². The first-order valence-corrected chi connectivity index (χ1v) is 13.4. The van der Waals surface area contributed by atoms with Crippen LogP contribution in [0.4, 0.5) is 11.5 Å². The van der Waals surface area contributed by atoms with Gasteiger partial charge in [0.15, 0.2) is 11.6 Å². The lowest BCUT2D eigenvalue weighted by Gasteiger charge is -2.11. The molecule has 0 aliphatic carbocycles. The zero-order valence-electron chi connectivity index (χ0n) is 20.7. The standard InChI is InChI=1S/C32H22N6S/c1-2-8-21(9-3-1)30-25-11-5-6-12-26(25)31(38-37-30)34-23-14-16-24(17-15-23)39-29-18-19-33-32(36-29)28-20-22-10-4-7-13-27(22)35-28/h1-20,35H,(H,34,38). The molecule has 0 saturated heterocycles. The molecule has 39 heavy (non-hydrogen) atoms. The Balaban J connectivity index is 1.11. The Morgan fingerprint density at radius 3 is 2.31 bits per heavy atom. The third kappa shape index (κ3) is 4.71. The van der Waals surface area contributed by atoms with Crippen LogP contribution >= 0.6 is 11.8 Å². The summed E-state index contributed by atoms with van der Waals surface area (Å²) in [5.41, 5.74) is 4.84. The second-order valence-electron chi connectivity index (χ2n) is 9.05. The van der Waals surface area contributed by atoms with Crippen LogP contribution in [0.2, 0.25) is 0 Å². The van der Waals surface area contributed by atoms with E-state index < -0.39 is 0 Å². The molecule has 4 aromatic carbocycles. The molecule has 2 N–H and O–H groups in total. The van der Waals surface area contributed by atoms with Crippen LogP contribution < -0.4 is 5.32 Å². The number of anilines is 2. The number of nitrogens with one attached hydrogen (secondary N) is 2. The Labute approximate surface area is 229 Å². The van der Waals surface area contributed by atoms with Crippen LogP contribution in [-0.2, 0) is 0 Å². The SMILES string of the molecule is c1ccc(-c2nnc(Nc3ccc(Sc4ccnc(-c5cc6ccccc6[nH]5)n4)cc3)c3ccccc23)cc1. The van der Waals surface area contributed by atoms with E-state index in [4.69, 9.17) is 4.98 Å². The minimum absolute atomic E-state index is 0.680. The number of benzene rings is 4. The van der Waals surface area contributed by atoms with Crippen LogP contribution in [0, 0.1) is 0 Å². The summed E-state index contributed by atoms with van der Waals surface area (Å²) in [4.78, 5) is 13.7. The molecule has 0 radical (unpaired) electrons. The normalized spacial score (nSPS) is 11.2. The first-order valence-electron chi connectivity index (χ1n) is 12.6. The van der Waals surface area contributed by atoms with E-state index in [0.29, 0.717) is 5.82 Å². The van der Waals surface area contributed by atoms with E-state index in [2.05, 4.69) is 80.1 Å². The van der Waals surface area contributed by atoms with E-state index in [-0.39, 0.29) is 0 Å². The summed E-state index contributed by atoms with van der Waals surface area (Å²) in [7, 11) is 0. The van der Waals surface area contributed by atoms with Crippen LogP contribution in [-0.4, -0.2) is 25.1 Å². The van der Waals surface area contributed by atoms with Crippen LogP contribution in [0.1, 0.15) is 0 Å². The van der Waals surface area contributed by atoms with Crippen LogP contribution in [0.3, 0.4) is 0 Å². The Morgan fingerprint density at radius 1 is 0.692 bits per heavy atom. The Hall–Kier alpha value is -5.01. The molecule has 0 amide bonds. The van der Waals surface area contributed by atoms with E-state index in [9.17, 15) is 0 Å². The monoisotopic (exact) mass is 522 g/mol. The highest BCUT2D eigenvalue weighted by Crippen LogP contribution is 2.33. The quantitative estimate of drug-likeness (QED) is 0.215. The van der Waals surface area contributed by atoms with Gasteiger partial charge in [0.25, 0.3) is 0 Å². The molecule has 0 unspecified atom stereocenters. The highest BCUT2D eigenvalue weighted by molar-refractivity contribution is 7.99. The molecule has 6 nitrogen and oxygen atoms in total. The molecule has 0 aliphatic heterocycles. The lowest BCUT2D eigenvalue weighted by molar-refractivity contribution is 1.05. The lowest BCUT2D eigenvalue weighted by Crippen LogP contribution is -1.99. The minimum Gasteiger partial charge on any atom is -0.352 e. The van der Waals surface area contributed by atoms with Crippen molar-refractivity contribution >= 4 is 44.9 Å². The van der Waals surface area contributed by atoms with Crippen molar-refractivity contribution in [3.8, 4) is 22.8 Å². The number of rotatable bonds is 6. The summed E-state index contributed by atoms with van der Waals surface area (Å²) in [6.45, 7) is 0. The van der Waals surface area contributed by atoms with Gasteiger partial charge in [-0.2, -0.15) is 0 Å². The zero-order chi connectivity index (χ0) is 26.0. The third-order valence-electron chi connectivity index (χ3n) is 6.47. The summed E-state index contributed by atoms with van der Waals surface area (Å²) >= 11 is 1.60. The number of nitrogens with zero attached hydrogens (tertiary/aromatic N) is 4. The number of H-pyrrole nitrogens is 1. The molecule has 7 rings (SSSR count). The Morgan fingerprint density at radius 2 is 1.46 bits per heavy atom. The highest BCUT2D eigenvalue weighted by atomic mass is 32.2. The first-order chi connectivity index (χ1) is 19.3. The smallest absolute Gasteiger partial charge is 0.177 e. The molecule has 0 spiro atoms. The largest absolute Gasteiger partial charge is 0.352 e. The molecule has 3 aromatic heterocycles. The summed E-state index contributed by atoms with van der Waals surface area (Å²) in [6, 6.07) is 38.8. The van der Waals surface area contributed by atoms with Gasteiger partial charge in [0.2, 0.25) is 0 Å². The van der Waals surface area contributed by atoms with Gasteiger partial charge in [-0.3, -0.25) is 0 Å². The van der Waals surface area contributed by atoms with Gasteiger partial charge >= 0.3 is 0 Å². The highest BCUT2D eigenvalue weighted by Gasteiger charge is 2.12. The molecule has 0 fully saturated rings. The van der Waals surface area contributed by atoms with Gasteiger partial charge < -0.3 is 10.3 Å². The van der Waals surface area contributed by atoms with Gasteiger partial charge in [-0.05, 0) is 42.5 Å². The molecule has 0 atom stereocenters. The number of para-hydroxylation sites is 1. The summed E-state index contributed by atoms with van der Waals surface area (Å²) < 4.78 is 0. The molecule has 0 aliphatic rings. The fourth-order valence-electron chi connectivity index (χ4n) is 4.59. The van der Waals surface area contributed by atoms with Gasteiger partial charge in [0.1, 0.15) is 10.7 Å². The van der Waals surface area contributed by atoms with Gasteiger partial charge in [0.05, 0.1) is 5.69 Å². The second kappa shape index (κ2) is 10.0. The first kappa shape index (κ1) is 23.1. The van der Waals surface area contributed by atoms with Gasteiger partial charge in [-0.15, -0.1) is 10.2 Å². The summed E-state index contributed by atoms with van der Waals surface area (Å²) in [5, 5.41) is 16.7. The Kier molecular flexibility index (Phi) is 5.95. The van der Waals surface area contributed by atoms with Gasteiger partial charge in [-0.1, -0.05) is 84.6 Å². The zero-order valence-corrected chi connectivity index (χ0v) is 21.6. The van der Waals surface area contributed by atoms with E-state index in [1.54, 1.807) is 18.0 Å². The predicted octanol–water partition coefficient (Wildman–Crippen LogP) is 8.13. The number of aromatic nitrogens is 5. The van der Waals surface area contributed by atoms with Crippen LogP contribution in [0.25, 0.3) is 44.5 Å². The fourth-order valence-corrected chi connectivity index (χ4v) is 5.37. The molecular formula is C32H22N6S. The van der Waals surface area contributed by atoms with E-state index in [0.717, 1.165) is 60.1 Å². The van der Waals surface area contributed by atoms with Crippen molar-refractivity contribution in [1.82, 2.24) is 25.1 Å². The van der Waals surface area contributed by atoms with Crippen molar-refractivity contribution in [2.75, 3.05) is 5.32 Å². The number of fused-ring (bicyclic) bond motifs is 2. The summed E-state index contributed by atoms with van der Waals surface area (Å²) in [5.74, 6) is 1.41. The van der Waals surface area contributed by atoms with E-state index >= 15 is 0 Å². The average molecular weight is 523 g/mol. The molecule has 7 aromatic rings. The minimum atomic E-state index is 0.680. The van der Waals surface area contributed by atoms with Crippen molar-refractivity contribution in [2.24, 2.45) is 0 Å². The number of aromatic amines is 1. The molecule has 0 saturated carbocycles. The predicted molar refractivity (Wildman–Crippen MR) is 158 cm³/mol. The molecule has 0 bridgehead atoms. The van der Waals surface area contributed by atoms with Crippen LogP contribution in [0.5, 0.6) is 0 Å². The number of hydrogen-bond acceptors (Lipinski definition) is 6. The van der Waals surface area contributed by atoms with Crippen molar-refractivity contribution in [2.45, 2.75) is 9.92 Å². The molecule has 7 heteroatoms. The lowest BCUT2D eigenvalue weighted by atomic mass is 10.0. The van der Waals surface area contributed by atoms with Crippen molar-refractivity contribution in [1.29, 1.82) is 0 Å². The molecule has 3 heterocycles. The van der Waals surface area contributed by atoms with Crippen molar-refractivity contribution in [3.63, 3.8) is 0 Å². The topological polar surface area (TPSA) is 79.4 Å². The van der Waals surface area contributed by atoms with Crippen LogP contribution in [0.15, 0.2) is 131 Å². The molecule has 186 valence electrons. The maximum atomic E-state index is 4.78. The van der Waals surface area contributed by atoms with Crippen molar-refractivity contribution < 1.29 is 0 Å². The van der Waals surface area contributed by atoms with Crippen molar-refractivity contribution in [3.05, 3.63) is 121 Å². The van der Waals surface area contributed by atoms with E-state index in [1.165, 1.54) is 0 Å². The van der Waals surface area contributed by atoms with Gasteiger partial charge in [0, 0.05) is 44.0 Å².